The number of carbonyl (C=O) groups is 1. The summed E-state index contributed by atoms with van der Waals surface area (Å²) in [4.78, 5) is 12.7. The first-order valence-corrected chi connectivity index (χ1v) is 11.2. The lowest BCUT2D eigenvalue weighted by Crippen LogP contribution is -2.15. The predicted octanol–water partition coefficient (Wildman–Crippen LogP) is 6.13. The summed E-state index contributed by atoms with van der Waals surface area (Å²) in [5.74, 6) is 1.39. The molecule has 1 aliphatic heterocycles. The van der Waals surface area contributed by atoms with E-state index in [0.717, 1.165) is 60.7 Å². The molecular formula is C25H27F3N4O. The number of nitrogens with zero attached hydrogens (tertiary/aromatic N) is 3. The lowest BCUT2D eigenvalue weighted by Gasteiger charge is -2.15. The second-order valence-electron chi connectivity index (χ2n) is 8.70. The van der Waals surface area contributed by atoms with E-state index in [1.807, 2.05) is 32.0 Å². The van der Waals surface area contributed by atoms with E-state index >= 15 is 0 Å². The molecule has 1 atom stereocenters. The molecule has 5 nitrogen and oxygen atoms in total. The number of hydrogen-bond donors (Lipinski definition) is 1. The van der Waals surface area contributed by atoms with Gasteiger partial charge in [-0.1, -0.05) is 37.6 Å². The Hall–Kier alpha value is -3.16. The summed E-state index contributed by atoms with van der Waals surface area (Å²) in [5.41, 5.74) is 2.51. The number of carbonyl (C=O) groups excluding carboxylic acids is 1. The van der Waals surface area contributed by atoms with Crippen LogP contribution < -0.4 is 5.32 Å². The van der Waals surface area contributed by atoms with Crippen molar-refractivity contribution in [3.05, 3.63) is 65.0 Å². The topological polar surface area (TPSA) is 59.8 Å². The highest BCUT2D eigenvalue weighted by Crippen LogP contribution is 2.31. The molecule has 174 valence electrons. The van der Waals surface area contributed by atoms with E-state index < -0.39 is 11.7 Å². The zero-order chi connectivity index (χ0) is 23.6. The first kappa shape index (κ1) is 23.0. The number of hydrogen-bond acceptors (Lipinski definition) is 3. The zero-order valence-corrected chi connectivity index (χ0v) is 18.7. The highest BCUT2D eigenvalue weighted by molar-refractivity contribution is 5.92. The third-order valence-electron chi connectivity index (χ3n) is 6.18. The number of halogens is 3. The quantitative estimate of drug-likeness (QED) is 0.502. The minimum absolute atomic E-state index is 0.162. The van der Waals surface area contributed by atoms with Gasteiger partial charge in [-0.2, -0.15) is 13.2 Å². The van der Waals surface area contributed by atoms with Crippen LogP contribution in [0.2, 0.25) is 0 Å². The summed E-state index contributed by atoms with van der Waals surface area (Å²) in [6, 6.07) is 10.8. The molecule has 1 aromatic heterocycles. The fraction of sp³-hybridized carbons (Fsp3) is 0.400. The first-order valence-electron chi connectivity index (χ1n) is 11.2. The van der Waals surface area contributed by atoms with E-state index in [2.05, 4.69) is 20.1 Å². The maximum Gasteiger partial charge on any atom is 0.416 e. The summed E-state index contributed by atoms with van der Waals surface area (Å²) in [6.45, 7) is 4.64. The molecule has 0 saturated carbocycles. The molecule has 33 heavy (non-hydrogen) atoms. The van der Waals surface area contributed by atoms with E-state index in [4.69, 9.17) is 0 Å². The second-order valence-corrected chi connectivity index (χ2v) is 8.70. The summed E-state index contributed by atoms with van der Waals surface area (Å²) < 4.78 is 40.5. The van der Waals surface area contributed by atoms with Crippen molar-refractivity contribution >= 4 is 11.6 Å². The van der Waals surface area contributed by atoms with Crippen molar-refractivity contribution in [1.82, 2.24) is 14.8 Å². The van der Waals surface area contributed by atoms with E-state index in [1.54, 1.807) is 0 Å². The smallest absolute Gasteiger partial charge is 0.326 e. The van der Waals surface area contributed by atoms with E-state index in [-0.39, 0.29) is 18.2 Å². The molecule has 2 aromatic carbocycles. The van der Waals surface area contributed by atoms with Gasteiger partial charge in [0.25, 0.3) is 0 Å². The van der Waals surface area contributed by atoms with Crippen LogP contribution in [-0.2, 0) is 23.9 Å². The number of anilines is 1. The maximum atomic E-state index is 12.8. The van der Waals surface area contributed by atoms with E-state index in [9.17, 15) is 18.0 Å². The van der Waals surface area contributed by atoms with Crippen LogP contribution in [0.25, 0.3) is 11.4 Å². The van der Waals surface area contributed by atoms with Crippen molar-refractivity contribution < 1.29 is 18.0 Å². The summed E-state index contributed by atoms with van der Waals surface area (Å²) in [5, 5.41) is 11.7. The van der Waals surface area contributed by atoms with Crippen molar-refractivity contribution in [1.29, 1.82) is 0 Å². The van der Waals surface area contributed by atoms with Crippen LogP contribution in [0.5, 0.6) is 0 Å². The number of fused-ring (bicyclic) bond motifs is 1. The van der Waals surface area contributed by atoms with Gasteiger partial charge in [0, 0.05) is 30.6 Å². The maximum absolute atomic E-state index is 12.8. The predicted molar refractivity (Wildman–Crippen MR) is 121 cm³/mol. The average Bonchev–Trinajstić information content (AvgIpc) is 3.02. The first-order chi connectivity index (χ1) is 15.7. The SMILES string of the molecule is Cc1ccc(-c2nnc3n2CCCCC3)cc1NC(=O)CC(C)c1ccc(C(F)(F)F)cc1. The average molecular weight is 457 g/mol. The minimum Gasteiger partial charge on any atom is -0.326 e. The van der Waals surface area contributed by atoms with Crippen LogP contribution in [0.3, 0.4) is 0 Å². The molecule has 0 radical (unpaired) electrons. The Bertz CT molecular complexity index is 1140. The molecule has 0 saturated heterocycles. The van der Waals surface area contributed by atoms with Crippen LogP contribution in [-0.4, -0.2) is 20.7 Å². The van der Waals surface area contributed by atoms with Crippen LogP contribution in [0.4, 0.5) is 18.9 Å². The number of nitrogens with one attached hydrogen (secondary N) is 1. The minimum atomic E-state index is -4.37. The lowest BCUT2D eigenvalue weighted by atomic mass is 9.96. The number of rotatable bonds is 5. The van der Waals surface area contributed by atoms with Gasteiger partial charge in [-0.3, -0.25) is 4.79 Å². The normalized spacial score (nSPS) is 14.9. The summed E-state index contributed by atoms with van der Waals surface area (Å²) >= 11 is 0. The van der Waals surface area contributed by atoms with Crippen molar-refractivity contribution in [3.8, 4) is 11.4 Å². The van der Waals surface area contributed by atoms with Crippen molar-refractivity contribution in [2.24, 2.45) is 0 Å². The molecule has 2 heterocycles. The fourth-order valence-electron chi connectivity index (χ4n) is 4.19. The van der Waals surface area contributed by atoms with Gasteiger partial charge in [-0.15, -0.1) is 10.2 Å². The van der Waals surface area contributed by atoms with Gasteiger partial charge in [-0.05, 0) is 55.0 Å². The number of amides is 1. The Morgan fingerprint density at radius 1 is 1.09 bits per heavy atom. The Morgan fingerprint density at radius 2 is 1.85 bits per heavy atom. The summed E-state index contributed by atoms with van der Waals surface area (Å²) in [6.07, 6.45) is 0.0962. The molecule has 0 bridgehead atoms. The van der Waals surface area contributed by atoms with Crippen LogP contribution in [0.1, 0.15) is 61.0 Å². The van der Waals surface area contributed by atoms with Gasteiger partial charge in [-0.25, -0.2) is 0 Å². The van der Waals surface area contributed by atoms with Gasteiger partial charge < -0.3 is 9.88 Å². The Balaban J connectivity index is 1.47. The molecule has 4 rings (SSSR count). The van der Waals surface area contributed by atoms with Gasteiger partial charge in [0.15, 0.2) is 5.82 Å². The van der Waals surface area contributed by atoms with Gasteiger partial charge in [0.1, 0.15) is 5.82 Å². The van der Waals surface area contributed by atoms with Crippen LogP contribution in [0.15, 0.2) is 42.5 Å². The summed E-state index contributed by atoms with van der Waals surface area (Å²) in [7, 11) is 0. The molecule has 3 aromatic rings. The fourth-order valence-corrected chi connectivity index (χ4v) is 4.19. The van der Waals surface area contributed by atoms with E-state index in [0.29, 0.717) is 11.3 Å². The number of benzene rings is 2. The van der Waals surface area contributed by atoms with Gasteiger partial charge >= 0.3 is 6.18 Å². The van der Waals surface area contributed by atoms with Gasteiger partial charge in [0.05, 0.1) is 5.56 Å². The molecule has 0 spiro atoms. The number of aromatic nitrogens is 3. The Morgan fingerprint density at radius 3 is 2.58 bits per heavy atom. The standard InChI is InChI=1S/C25H27F3N4O/c1-16-7-8-19(24-31-30-22-6-4-3-5-13-32(22)24)15-21(16)29-23(33)14-17(2)18-9-11-20(12-10-18)25(26,27)28/h7-12,15,17H,3-6,13-14H2,1-2H3,(H,29,33). The third kappa shape index (κ3) is 5.26. The molecule has 1 aliphatic rings. The van der Waals surface area contributed by atoms with Crippen molar-refractivity contribution in [2.75, 3.05) is 5.32 Å². The highest BCUT2D eigenvalue weighted by atomic mass is 19.4. The third-order valence-corrected chi connectivity index (χ3v) is 6.18. The molecule has 1 N–H and O–H groups in total. The van der Waals surface area contributed by atoms with Gasteiger partial charge in [0.2, 0.25) is 5.91 Å². The van der Waals surface area contributed by atoms with E-state index in [1.165, 1.54) is 18.6 Å². The Labute approximate surface area is 191 Å². The highest BCUT2D eigenvalue weighted by Gasteiger charge is 2.30. The second kappa shape index (κ2) is 9.37. The molecule has 0 fully saturated rings. The largest absolute Gasteiger partial charge is 0.416 e. The van der Waals surface area contributed by atoms with Crippen molar-refractivity contribution in [3.63, 3.8) is 0 Å². The monoisotopic (exact) mass is 456 g/mol. The molecule has 0 aliphatic carbocycles. The van der Waals surface area contributed by atoms with Crippen molar-refractivity contribution in [2.45, 2.75) is 64.6 Å². The molecule has 8 heteroatoms. The van der Waals surface area contributed by atoms with Crippen LogP contribution in [0, 0.1) is 6.92 Å². The lowest BCUT2D eigenvalue weighted by molar-refractivity contribution is -0.137. The molecule has 1 amide bonds. The van der Waals surface area contributed by atoms with Crippen LogP contribution >= 0.6 is 0 Å². The number of aryl methyl sites for hydroxylation is 2. The molecule has 1 unspecified atom stereocenters. The number of alkyl halides is 3. The molecular weight excluding hydrogens is 429 g/mol. The zero-order valence-electron chi connectivity index (χ0n) is 18.7. The Kier molecular flexibility index (Phi) is 6.54.